The molecule has 3 N–H and O–H groups in total. The van der Waals surface area contributed by atoms with Crippen molar-refractivity contribution in [3.05, 3.63) is 22.2 Å². The van der Waals surface area contributed by atoms with Crippen LogP contribution in [0.4, 0.5) is 5.69 Å². The standard InChI is InChI=1S/C13H21Cl2N3O2S/c1-13(2,8-18(3)4)7-17-21(19,20)10-6-5-9(14)12(16)11(10)15/h5-6,17H,7-8,16H2,1-4H3. The van der Waals surface area contributed by atoms with E-state index in [0.29, 0.717) is 0 Å². The number of anilines is 1. The fourth-order valence-electron chi connectivity index (χ4n) is 2.04. The van der Waals surface area contributed by atoms with Crippen molar-refractivity contribution in [3.8, 4) is 0 Å². The number of hydrogen-bond acceptors (Lipinski definition) is 4. The Morgan fingerprint density at radius 2 is 1.86 bits per heavy atom. The molecular formula is C13H21Cl2N3O2S. The molecule has 0 aliphatic carbocycles. The summed E-state index contributed by atoms with van der Waals surface area (Å²) < 4.78 is 27.3. The predicted octanol–water partition coefficient (Wildman–Crippen LogP) is 2.44. The van der Waals surface area contributed by atoms with Crippen LogP contribution in [0.5, 0.6) is 0 Å². The van der Waals surface area contributed by atoms with Crippen LogP contribution in [0.25, 0.3) is 0 Å². The average molecular weight is 354 g/mol. The van der Waals surface area contributed by atoms with E-state index in [1.807, 2.05) is 32.8 Å². The van der Waals surface area contributed by atoms with Gasteiger partial charge in [-0.15, -0.1) is 0 Å². The molecule has 0 saturated carbocycles. The number of nitrogens with zero attached hydrogens (tertiary/aromatic N) is 1. The van der Waals surface area contributed by atoms with Crippen molar-refractivity contribution in [2.24, 2.45) is 5.41 Å². The minimum atomic E-state index is -3.74. The second kappa shape index (κ2) is 6.71. The number of rotatable bonds is 6. The lowest BCUT2D eigenvalue weighted by molar-refractivity contribution is 0.242. The molecule has 0 atom stereocenters. The van der Waals surface area contributed by atoms with Crippen molar-refractivity contribution in [1.29, 1.82) is 0 Å². The largest absolute Gasteiger partial charge is 0.396 e. The van der Waals surface area contributed by atoms with Gasteiger partial charge in [0.2, 0.25) is 10.0 Å². The Labute approximate surface area is 136 Å². The zero-order valence-electron chi connectivity index (χ0n) is 12.6. The summed E-state index contributed by atoms with van der Waals surface area (Å²) in [5.41, 5.74) is 5.51. The number of hydrogen-bond donors (Lipinski definition) is 2. The highest BCUT2D eigenvalue weighted by Crippen LogP contribution is 2.33. The monoisotopic (exact) mass is 353 g/mol. The lowest BCUT2D eigenvalue weighted by Gasteiger charge is -2.28. The van der Waals surface area contributed by atoms with Gasteiger partial charge in [0.15, 0.2) is 0 Å². The van der Waals surface area contributed by atoms with Crippen LogP contribution in [0.15, 0.2) is 17.0 Å². The summed E-state index contributed by atoms with van der Waals surface area (Å²) in [6, 6.07) is 2.77. The third kappa shape index (κ3) is 5.00. The number of nitrogen functional groups attached to an aromatic ring is 1. The summed E-state index contributed by atoms with van der Waals surface area (Å²) in [7, 11) is 0.137. The maximum atomic E-state index is 12.3. The highest BCUT2D eigenvalue weighted by Gasteiger charge is 2.25. The van der Waals surface area contributed by atoms with Gasteiger partial charge in [-0.1, -0.05) is 37.0 Å². The Morgan fingerprint density at radius 3 is 2.38 bits per heavy atom. The Kier molecular flexibility index (Phi) is 5.91. The van der Waals surface area contributed by atoms with E-state index in [2.05, 4.69) is 4.72 Å². The second-order valence-corrected chi connectivity index (χ2v) is 8.52. The molecule has 21 heavy (non-hydrogen) atoms. The molecule has 8 heteroatoms. The molecular weight excluding hydrogens is 333 g/mol. The van der Waals surface area contributed by atoms with Crippen molar-refractivity contribution in [3.63, 3.8) is 0 Å². The van der Waals surface area contributed by atoms with Gasteiger partial charge in [-0.3, -0.25) is 0 Å². The van der Waals surface area contributed by atoms with E-state index in [0.717, 1.165) is 6.54 Å². The molecule has 1 aromatic rings. The summed E-state index contributed by atoms with van der Waals surface area (Å²) in [5, 5.41) is 0.173. The first-order valence-electron chi connectivity index (χ1n) is 6.34. The van der Waals surface area contributed by atoms with E-state index in [-0.39, 0.29) is 32.6 Å². The summed E-state index contributed by atoms with van der Waals surface area (Å²) in [5.74, 6) is 0. The quantitative estimate of drug-likeness (QED) is 0.770. The van der Waals surface area contributed by atoms with E-state index in [4.69, 9.17) is 28.9 Å². The summed E-state index contributed by atoms with van der Waals surface area (Å²) in [6.07, 6.45) is 0. The lowest BCUT2D eigenvalue weighted by Crippen LogP contribution is -2.40. The van der Waals surface area contributed by atoms with Crippen LogP contribution in [0.2, 0.25) is 10.0 Å². The van der Waals surface area contributed by atoms with Gasteiger partial charge < -0.3 is 10.6 Å². The Hall–Kier alpha value is -0.530. The van der Waals surface area contributed by atoms with Crippen molar-refractivity contribution >= 4 is 38.9 Å². The fourth-order valence-corrected chi connectivity index (χ4v) is 4.04. The van der Waals surface area contributed by atoms with Gasteiger partial charge in [0.25, 0.3) is 0 Å². The summed E-state index contributed by atoms with van der Waals surface area (Å²) in [4.78, 5) is 1.94. The maximum absolute atomic E-state index is 12.3. The summed E-state index contributed by atoms with van der Waals surface area (Å²) in [6.45, 7) is 4.99. The normalized spacial score (nSPS) is 12.9. The van der Waals surface area contributed by atoms with E-state index in [1.165, 1.54) is 12.1 Å². The summed E-state index contributed by atoms with van der Waals surface area (Å²) >= 11 is 11.8. The van der Waals surface area contributed by atoms with Crippen LogP contribution in [0.1, 0.15) is 13.8 Å². The van der Waals surface area contributed by atoms with Gasteiger partial charge in [-0.05, 0) is 31.6 Å². The third-order valence-corrected chi connectivity index (χ3v) is 5.16. The molecule has 5 nitrogen and oxygen atoms in total. The van der Waals surface area contributed by atoms with Crippen molar-refractivity contribution in [2.75, 3.05) is 32.9 Å². The van der Waals surface area contributed by atoms with E-state index < -0.39 is 10.0 Å². The minimum absolute atomic E-state index is 0.0552. The van der Waals surface area contributed by atoms with E-state index in [1.54, 1.807) is 0 Å². The van der Waals surface area contributed by atoms with E-state index >= 15 is 0 Å². The number of nitrogens with one attached hydrogen (secondary N) is 1. The molecule has 0 saturated heterocycles. The Bertz CT molecular complexity index is 616. The van der Waals surface area contributed by atoms with Gasteiger partial charge >= 0.3 is 0 Å². The maximum Gasteiger partial charge on any atom is 0.242 e. The molecule has 0 heterocycles. The molecule has 0 aromatic heterocycles. The zero-order valence-corrected chi connectivity index (χ0v) is 14.9. The smallest absolute Gasteiger partial charge is 0.242 e. The van der Waals surface area contributed by atoms with Crippen LogP contribution in [0.3, 0.4) is 0 Å². The highest BCUT2D eigenvalue weighted by atomic mass is 35.5. The average Bonchev–Trinajstić information content (AvgIpc) is 2.32. The molecule has 0 aliphatic rings. The van der Waals surface area contributed by atoms with Crippen LogP contribution in [0, 0.1) is 5.41 Å². The molecule has 0 radical (unpaired) electrons. The van der Waals surface area contributed by atoms with Gasteiger partial charge in [-0.2, -0.15) is 0 Å². The van der Waals surface area contributed by atoms with Crippen molar-refractivity contribution < 1.29 is 8.42 Å². The van der Waals surface area contributed by atoms with Crippen LogP contribution in [-0.2, 0) is 10.0 Å². The molecule has 0 spiro atoms. The number of sulfonamides is 1. The Balaban J connectivity index is 2.96. The third-order valence-electron chi connectivity index (χ3n) is 2.87. The first-order valence-corrected chi connectivity index (χ1v) is 8.58. The molecule has 0 amide bonds. The van der Waals surface area contributed by atoms with Gasteiger partial charge in [0, 0.05) is 13.1 Å². The number of halogens is 2. The fraction of sp³-hybridized carbons (Fsp3) is 0.538. The zero-order chi connectivity index (χ0) is 16.4. The molecule has 1 aromatic carbocycles. The van der Waals surface area contributed by atoms with Crippen LogP contribution in [-0.4, -0.2) is 40.5 Å². The SMILES string of the molecule is CN(C)CC(C)(C)CNS(=O)(=O)c1ccc(Cl)c(N)c1Cl. The molecule has 0 bridgehead atoms. The predicted molar refractivity (Wildman–Crippen MR) is 88.4 cm³/mol. The molecule has 120 valence electrons. The van der Waals surface area contributed by atoms with Crippen LogP contribution >= 0.6 is 23.2 Å². The first kappa shape index (κ1) is 18.5. The van der Waals surface area contributed by atoms with Crippen molar-refractivity contribution in [1.82, 2.24) is 9.62 Å². The van der Waals surface area contributed by atoms with Crippen LogP contribution < -0.4 is 10.5 Å². The Morgan fingerprint density at radius 1 is 1.29 bits per heavy atom. The van der Waals surface area contributed by atoms with Gasteiger partial charge in [0.1, 0.15) is 4.90 Å². The lowest BCUT2D eigenvalue weighted by atomic mass is 9.93. The van der Waals surface area contributed by atoms with Gasteiger partial charge in [0.05, 0.1) is 15.7 Å². The number of benzene rings is 1. The molecule has 0 unspecified atom stereocenters. The molecule has 1 rings (SSSR count). The minimum Gasteiger partial charge on any atom is -0.396 e. The van der Waals surface area contributed by atoms with E-state index in [9.17, 15) is 8.42 Å². The molecule has 0 fully saturated rings. The first-order chi connectivity index (χ1) is 9.46. The van der Waals surface area contributed by atoms with Crippen molar-refractivity contribution in [2.45, 2.75) is 18.7 Å². The number of nitrogens with two attached hydrogens (primary N) is 1. The topological polar surface area (TPSA) is 75.4 Å². The second-order valence-electron chi connectivity index (χ2n) is 6.00. The van der Waals surface area contributed by atoms with Gasteiger partial charge in [-0.25, -0.2) is 13.1 Å². The molecule has 0 aliphatic heterocycles. The highest BCUT2D eigenvalue weighted by molar-refractivity contribution is 7.89.